The lowest BCUT2D eigenvalue weighted by atomic mass is 10.4. The maximum Gasteiger partial charge on any atom is 0.131 e. The molecule has 0 aromatic carbocycles. The van der Waals surface area contributed by atoms with Crippen LogP contribution < -0.4 is 0 Å². The average molecular weight is 235 g/mol. The first-order valence-electron chi connectivity index (χ1n) is 3.74. The van der Waals surface area contributed by atoms with Crippen LogP contribution in [0.3, 0.4) is 0 Å². The van der Waals surface area contributed by atoms with Crippen LogP contribution in [0.1, 0.15) is 35.1 Å². The van der Waals surface area contributed by atoms with Crippen LogP contribution in [0.4, 0.5) is 0 Å². The standard InChI is InChI=1S/C7H11BrN2S/c1-3-5(8)7-10-9-6(4-2)11-7/h5H,3-4H2,1-2H3. The van der Waals surface area contributed by atoms with Gasteiger partial charge in [0.2, 0.25) is 0 Å². The Morgan fingerprint density at radius 2 is 2.18 bits per heavy atom. The molecule has 1 aromatic rings. The lowest BCUT2D eigenvalue weighted by Crippen LogP contribution is -1.84. The van der Waals surface area contributed by atoms with Crippen molar-refractivity contribution in [1.82, 2.24) is 10.2 Å². The molecular weight excluding hydrogens is 224 g/mol. The lowest BCUT2D eigenvalue weighted by Gasteiger charge is -1.97. The summed E-state index contributed by atoms with van der Waals surface area (Å²) in [6.45, 7) is 4.23. The van der Waals surface area contributed by atoms with Crippen LogP contribution in [0, 0.1) is 0 Å². The molecule has 0 amide bonds. The number of halogens is 1. The predicted molar refractivity (Wildman–Crippen MR) is 51.2 cm³/mol. The fraction of sp³-hybridized carbons (Fsp3) is 0.714. The average Bonchev–Trinajstić information content (AvgIpc) is 2.50. The van der Waals surface area contributed by atoms with Crippen molar-refractivity contribution in [3.8, 4) is 0 Å². The van der Waals surface area contributed by atoms with Crippen molar-refractivity contribution in [1.29, 1.82) is 0 Å². The second kappa shape index (κ2) is 4.16. The molecule has 0 radical (unpaired) electrons. The second-order valence-corrected chi connectivity index (χ2v) is 4.46. The summed E-state index contributed by atoms with van der Waals surface area (Å²) in [6, 6.07) is 0. The zero-order valence-electron chi connectivity index (χ0n) is 6.67. The van der Waals surface area contributed by atoms with Gasteiger partial charge in [-0.1, -0.05) is 29.8 Å². The van der Waals surface area contributed by atoms with E-state index in [9.17, 15) is 0 Å². The molecule has 1 aromatic heterocycles. The Labute approximate surface area is 79.2 Å². The summed E-state index contributed by atoms with van der Waals surface area (Å²) in [4.78, 5) is 0.389. The summed E-state index contributed by atoms with van der Waals surface area (Å²) in [6.07, 6.45) is 2.06. The highest BCUT2D eigenvalue weighted by atomic mass is 79.9. The molecule has 0 aliphatic rings. The first-order chi connectivity index (χ1) is 5.27. The van der Waals surface area contributed by atoms with E-state index in [1.165, 1.54) is 0 Å². The highest BCUT2D eigenvalue weighted by Crippen LogP contribution is 2.28. The molecule has 1 heterocycles. The summed E-state index contributed by atoms with van der Waals surface area (Å²) < 4.78 is 0. The molecule has 0 fully saturated rings. The minimum atomic E-state index is 0.389. The van der Waals surface area contributed by atoms with Crippen LogP contribution in [0.5, 0.6) is 0 Å². The molecule has 1 rings (SSSR count). The van der Waals surface area contributed by atoms with Crippen LogP contribution in [0.25, 0.3) is 0 Å². The molecule has 4 heteroatoms. The van der Waals surface area contributed by atoms with Crippen LogP contribution in [-0.4, -0.2) is 10.2 Å². The lowest BCUT2D eigenvalue weighted by molar-refractivity contribution is 0.860. The summed E-state index contributed by atoms with van der Waals surface area (Å²) in [5.74, 6) is 0. The number of hydrogen-bond donors (Lipinski definition) is 0. The fourth-order valence-corrected chi connectivity index (χ4v) is 1.93. The summed E-state index contributed by atoms with van der Waals surface area (Å²) in [7, 11) is 0. The van der Waals surface area contributed by atoms with Gasteiger partial charge in [0.1, 0.15) is 10.0 Å². The molecule has 0 N–H and O–H groups in total. The van der Waals surface area contributed by atoms with Gasteiger partial charge in [0.25, 0.3) is 0 Å². The highest BCUT2D eigenvalue weighted by Gasteiger charge is 2.09. The smallest absolute Gasteiger partial charge is 0.131 e. The van der Waals surface area contributed by atoms with Gasteiger partial charge in [-0.3, -0.25) is 0 Å². The largest absolute Gasteiger partial charge is 0.144 e. The molecule has 1 atom stereocenters. The normalized spacial score (nSPS) is 13.4. The quantitative estimate of drug-likeness (QED) is 0.752. The van der Waals surface area contributed by atoms with Gasteiger partial charge < -0.3 is 0 Å². The van der Waals surface area contributed by atoms with Crippen LogP contribution in [-0.2, 0) is 6.42 Å². The van der Waals surface area contributed by atoms with E-state index >= 15 is 0 Å². The molecular formula is C7H11BrN2S. The van der Waals surface area contributed by atoms with Crippen molar-refractivity contribution < 1.29 is 0 Å². The molecule has 0 saturated heterocycles. The zero-order chi connectivity index (χ0) is 8.27. The number of aromatic nitrogens is 2. The maximum atomic E-state index is 4.08. The molecule has 0 aliphatic heterocycles. The van der Waals surface area contributed by atoms with E-state index in [1.54, 1.807) is 11.3 Å². The van der Waals surface area contributed by atoms with Crippen molar-refractivity contribution >= 4 is 27.3 Å². The molecule has 2 nitrogen and oxygen atoms in total. The SMILES string of the molecule is CCc1nnc(C(Br)CC)s1. The van der Waals surface area contributed by atoms with Gasteiger partial charge in [-0.15, -0.1) is 21.5 Å². The van der Waals surface area contributed by atoms with Gasteiger partial charge in [0.15, 0.2) is 0 Å². The van der Waals surface area contributed by atoms with Crippen molar-refractivity contribution in [2.75, 3.05) is 0 Å². The molecule has 11 heavy (non-hydrogen) atoms. The monoisotopic (exact) mass is 234 g/mol. The Morgan fingerprint density at radius 3 is 2.64 bits per heavy atom. The van der Waals surface area contributed by atoms with E-state index in [1.807, 2.05) is 0 Å². The topological polar surface area (TPSA) is 25.8 Å². The number of alkyl halides is 1. The molecule has 62 valence electrons. The van der Waals surface area contributed by atoms with Crippen LogP contribution >= 0.6 is 27.3 Å². The van der Waals surface area contributed by atoms with Gasteiger partial charge >= 0.3 is 0 Å². The number of rotatable bonds is 3. The molecule has 0 bridgehead atoms. The first-order valence-corrected chi connectivity index (χ1v) is 5.47. The number of hydrogen-bond acceptors (Lipinski definition) is 3. The number of nitrogens with zero attached hydrogens (tertiary/aromatic N) is 2. The third kappa shape index (κ3) is 2.24. The van der Waals surface area contributed by atoms with Gasteiger partial charge in [-0.25, -0.2) is 0 Å². The first kappa shape index (κ1) is 9.13. The van der Waals surface area contributed by atoms with Crippen molar-refractivity contribution in [3.63, 3.8) is 0 Å². The zero-order valence-corrected chi connectivity index (χ0v) is 9.07. The highest BCUT2D eigenvalue weighted by molar-refractivity contribution is 9.09. The van der Waals surface area contributed by atoms with E-state index in [0.717, 1.165) is 22.9 Å². The summed E-state index contributed by atoms with van der Waals surface area (Å²) >= 11 is 5.23. The van der Waals surface area contributed by atoms with E-state index in [0.29, 0.717) is 4.83 Å². The minimum Gasteiger partial charge on any atom is -0.144 e. The molecule has 0 spiro atoms. The van der Waals surface area contributed by atoms with E-state index in [-0.39, 0.29) is 0 Å². The van der Waals surface area contributed by atoms with Crippen molar-refractivity contribution in [3.05, 3.63) is 10.0 Å². The van der Waals surface area contributed by atoms with Crippen molar-refractivity contribution in [2.45, 2.75) is 31.5 Å². The van der Waals surface area contributed by atoms with Gasteiger partial charge in [0.05, 0.1) is 4.83 Å². The Hall–Kier alpha value is 0.0400. The predicted octanol–water partition coefficient (Wildman–Crippen LogP) is 2.95. The van der Waals surface area contributed by atoms with Gasteiger partial charge in [-0.05, 0) is 12.8 Å². The Balaban J connectivity index is 2.71. The second-order valence-electron chi connectivity index (χ2n) is 2.26. The maximum absolute atomic E-state index is 4.08. The Morgan fingerprint density at radius 1 is 1.45 bits per heavy atom. The van der Waals surface area contributed by atoms with Crippen molar-refractivity contribution in [2.24, 2.45) is 0 Å². The number of aryl methyl sites for hydroxylation is 1. The molecule has 1 unspecified atom stereocenters. The third-order valence-corrected chi connectivity index (χ3v) is 3.98. The Bertz CT molecular complexity index is 224. The summed E-state index contributed by atoms with van der Waals surface area (Å²) in [5, 5.41) is 10.3. The van der Waals surface area contributed by atoms with Crippen LogP contribution in [0.15, 0.2) is 0 Å². The van der Waals surface area contributed by atoms with E-state index in [2.05, 4.69) is 40.0 Å². The molecule has 0 saturated carbocycles. The van der Waals surface area contributed by atoms with E-state index < -0.39 is 0 Å². The van der Waals surface area contributed by atoms with Gasteiger partial charge in [-0.2, -0.15) is 0 Å². The minimum absolute atomic E-state index is 0.389. The Kier molecular flexibility index (Phi) is 3.45. The molecule has 0 aliphatic carbocycles. The van der Waals surface area contributed by atoms with E-state index in [4.69, 9.17) is 0 Å². The summed E-state index contributed by atoms with van der Waals surface area (Å²) in [5.41, 5.74) is 0. The van der Waals surface area contributed by atoms with Crippen LogP contribution in [0.2, 0.25) is 0 Å². The fourth-order valence-electron chi connectivity index (χ4n) is 0.711. The van der Waals surface area contributed by atoms with Gasteiger partial charge in [0, 0.05) is 0 Å². The third-order valence-electron chi connectivity index (χ3n) is 1.41.